The van der Waals surface area contributed by atoms with Crippen LogP contribution in [0.5, 0.6) is 5.75 Å². The SMILES string of the molecule is CCNC(=NCC(C)(C)SC)N(C)Cc1ccccc1OC.I. The van der Waals surface area contributed by atoms with Gasteiger partial charge in [-0.05, 0) is 33.1 Å². The number of hydrogen-bond donors (Lipinski definition) is 1. The third-order valence-corrected chi connectivity index (χ3v) is 4.69. The highest BCUT2D eigenvalue weighted by Crippen LogP contribution is 2.22. The number of nitrogens with one attached hydrogen (secondary N) is 1. The number of thioether (sulfide) groups is 1. The summed E-state index contributed by atoms with van der Waals surface area (Å²) in [5, 5.41) is 3.36. The quantitative estimate of drug-likeness (QED) is 0.388. The number of benzene rings is 1. The molecule has 0 aliphatic heterocycles. The molecule has 0 fully saturated rings. The van der Waals surface area contributed by atoms with Crippen LogP contribution < -0.4 is 10.1 Å². The third kappa shape index (κ3) is 7.65. The van der Waals surface area contributed by atoms with Gasteiger partial charge in [-0.2, -0.15) is 11.8 Å². The molecular weight excluding hydrogens is 421 g/mol. The molecule has 0 aliphatic rings. The van der Waals surface area contributed by atoms with Gasteiger partial charge in [0.1, 0.15) is 5.75 Å². The normalized spacial score (nSPS) is 11.7. The highest BCUT2D eigenvalue weighted by molar-refractivity contribution is 14.0. The van der Waals surface area contributed by atoms with Crippen molar-refractivity contribution in [2.24, 2.45) is 4.99 Å². The fraction of sp³-hybridized carbons (Fsp3) is 0.588. The molecule has 132 valence electrons. The summed E-state index contributed by atoms with van der Waals surface area (Å²) in [6, 6.07) is 8.10. The van der Waals surface area contributed by atoms with Gasteiger partial charge in [-0.3, -0.25) is 4.99 Å². The fourth-order valence-electron chi connectivity index (χ4n) is 1.96. The van der Waals surface area contributed by atoms with Crippen molar-refractivity contribution in [2.45, 2.75) is 32.1 Å². The Morgan fingerprint density at radius 2 is 2.00 bits per heavy atom. The monoisotopic (exact) mass is 451 g/mol. The first-order valence-electron chi connectivity index (χ1n) is 7.60. The molecule has 0 aliphatic carbocycles. The molecule has 1 N–H and O–H groups in total. The van der Waals surface area contributed by atoms with Crippen LogP contribution >= 0.6 is 35.7 Å². The van der Waals surface area contributed by atoms with Gasteiger partial charge >= 0.3 is 0 Å². The average Bonchev–Trinajstić information content (AvgIpc) is 2.51. The smallest absolute Gasteiger partial charge is 0.194 e. The van der Waals surface area contributed by atoms with Crippen LogP contribution in [0.3, 0.4) is 0 Å². The number of aliphatic imine (C=N–C) groups is 1. The van der Waals surface area contributed by atoms with Crippen molar-refractivity contribution in [3.8, 4) is 5.75 Å². The zero-order valence-electron chi connectivity index (χ0n) is 15.0. The van der Waals surface area contributed by atoms with Crippen LogP contribution in [0.15, 0.2) is 29.3 Å². The van der Waals surface area contributed by atoms with E-state index in [0.29, 0.717) is 0 Å². The van der Waals surface area contributed by atoms with Gasteiger partial charge in [0.2, 0.25) is 0 Å². The second-order valence-corrected chi connectivity index (χ2v) is 7.32. The lowest BCUT2D eigenvalue weighted by molar-refractivity contribution is 0.396. The van der Waals surface area contributed by atoms with E-state index in [1.807, 2.05) is 30.0 Å². The summed E-state index contributed by atoms with van der Waals surface area (Å²) in [6.45, 7) is 8.92. The van der Waals surface area contributed by atoms with E-state index in [4.69, 9.17) is 9.73 Å². The van der Waals surface area contributed by atoms with Gasteiger partial charge in [0.05, 0.1) is 13.7 Å². The topological polar surface area (TPSA) is 36.9 Å². The van der Waals surface area contributed by atoms with Crippen LogP contribution in [0.4, 0.5) is 0 Å². The molecule has 0 bridgehead atoms. The molecule has 0 saturated carbocycles. The van der Waals surface area contributed by atoms with Crippen molar-refractivity contribution in [3.63, 3.8) is 0 Å². The number of hydrogen-bond acceptors (Lipinski definition) is 3. The van der Waals surface area contributed by atoms with Gasteiger partial charge < -0.3 is 15.0 Å². The summed E-state index contributed by atoms with van der Waals surface area (Å²) in [4.78, 5) is 6.91. The Hall–Kier alpha value is -0.630. The predicted octanol–water partition coefficient (Wildman–Crippen LogP) is 3.85. The van der Waals surface area contributed by atoms with Crippen LogP contribution in [-0.2, 0) is 6.54 Å². The molecule has 0 amide bonds. The maximum absolute atomic E-state index is 5.43. The van der Waals surface area contributed by atoms with E-state index < -0.39 is 0 Å². The van der Waals surface area contributed by atoms with E-state index in [9.17, 15) is 0 Å². The van der Waals surface area contributed by atoms with E-state index in [2.05, 4.69) is 50.4 Å². The van der Waals surface area contributed by atoms with Crippen molar-refractivity contribution in [2.75, 3.05) is 33.5 Å². The number of methoxy groups -OCH3 is 1. The van der Waals surface area contributed by atoms with Gasteiger partial charge in [0, 0.05) is 30.4 Å². The third-order valence-electron chi connectivity index (χ3n) is 3.46. The van der Waals surface area contributed by atoms with E-state index in [0.717, 1.165) is 36.9 Å². The molecule has 1 aromatic carbocycles. The summed E-state index contributed by atoms with van der Waals surface area (Å²) in [5.41, 5.74) is 1.15. The van der Waals surface area contributed by atoms with Crippen LogP contribution in [-0.4, -0.2) is 49.1 Å². The first kappa shape index (κ1) is 22.4. The fourth-order valence-corrected chi connectivity index (χ4v) is 2.16. The summed E-state index contributed by atoms with van der Waals surface area (Å²) < 4.78 is 5.57. The van der Waals surface area contributed by atoms with Crippen molar-refractivity contribution in [1.29, 1.82) is 0 Å². The minimum atomic E-state index is 0. The highest BCUT2D eigenvalue weighted by atomic mass is 127. The summed E-state index contributed by atoms with van der Waals surface area (Å²) in [5.74, 6) is 1.84. The Bertz CT molecular complexity index is 494. The molecule has 0 saturated heterocycles. The lowest BCUT2D eigenvalue weighted by Gasteiger charge is -2.25. The van der Waals surface area contributed by atoms with E-state index in [1.165, 1.54) is 0 Å². The molecule has 4 nitrogen and oxygen atoms in total. The maximum Gasteiger partial charge on any atom is 0.194 e. The molecule has 6 heteroatoms. The molecule has 0 spiro atoms. The van der Waals surface area contributed by atoms with Gasteiger partial charge in [-0.1, -0.05) is 18.2 Å². The Morgan fingerprint density at radius 3 is 2.57 bits per heavy atom. The molecule has 1 aromatic rings. The summed E-state index contributed by atoms with van der Waals surface area (Å²) >= 11 is 1.84. The Morgan fingerprint density at radius 1 is 1.35 bits per heavy atom. The van der Waals surface area contributed by atoms with Gasteiger partial charge in [0.15, 0.2) is 5.96 Å². The predicted molar refractivity (Wildman–Crippen MR) is 113 cm³/mol. The van der Waals surface area contributed by atoms with Crippen LogP contribution in [0.2, 0.25) is 0 Å². The van der Waals surface area contributed by atoms with Gasteiger partial charge in [-0.25, -0.2) is 0 Å². The van der Waals surface area contributed by atoms with Crippen molar-refractivity contribution >= 4 is 41.7 Å². The standard InChI is InChI=1S/C17H29N3OS.HI/c1-7-18-16(19-13-17(2,3)22-6)20(4)12-14-10-8-9-11-15(14)21-5;/h8-11H,7,12-13H2,1-6H3,(H,18,19);1H. The van der Waals surface area contributed by atoms with Crippen LogP contribution in [0.25, 0.3) is 0 Å². The average molecular weight is 451 g/mol. The summed E-state index contributed by atoms with van der Waals surface area (Å²) in [7, 11) is 3.76. The minimum Gasteiger partial charge on any atom is -0.496 e. The summed E-state index contributed by atoms with van der Waals surface area (Å²) in [6.07, 6.45) is 2.13. The van der Waals surface area contributed by atoms with Crippen molar-refractivity contribution in [3.05, 3.63) is 29.8 Å². The first-order valence-corrected chi connectivity index (χ1v) is 8.82. The number of guanidine groups is 1. The number of nitrogens with zero attached hydrogens (tertiary/aromatic N) is 2. The van der Waals surface area contributed by atoms with Crippen LogP contribution in [0.1, 0.15) is 26.3 Å². The molecule has 0 atom stereocenters. The molecule has 1 rings (SSSR count). The molecular formula is C17H30IN3OS. The van der Waals surface area contributed by atoms with Gasteiger partial charge in [-0.15, -0.1) is 24.0 Å². The number of para-hydroxylation sites is 1. The van der Waals surface area contributed by atoms with Crippen LogP contribution in [0, 0.1) is 0 Å². The lowest BCUT2D eigenvalue weighted by atomic mass is 10.2. The second-order valence-electron chi connectivity index (χ2n) is 5.80. The molecule has 0 aromatic heterocycles. The Labute approximate surface area is 162 Å². The Balaban J connectivity index is 0.00000484. The van der Waals surface area contributed by atoms with Crippen molar-refractivity contribution in [1.82, 2.24) is 10.2 Å². The Kier molecular flexibility index (Phi) is 10.7. The molecule has 0 heterocycles. The highest BCUT2D eigenvalue weighted by Gasteiger charge is 2.16. The molecule has 23 heavy (non-hydrogen) atoms. The second kappa shape index (κ2) is 11.0. The first-order chi connectivity index (χ1) is 10.4. The zero-order valence-corrected chi connectivity index (χ0v) is 18.2. The van der Waals surface area contributed by atoms with Crippen molar-refractivity contribution < 1.29 is 4.74 Å². The number of ether oxygens (including phenoxy) is 1. The number of halogens is 1. The molecule has 0 unspecified atom stereocenters. The zero-order chi connectivity index (χ0) is 16.6. The van der Waals surface area contributed by atoms with E-state index in [1.54, 1.807) is 7.11 Å². The van der Waals surface area contributed by atoms with E-state index >= 15 is 0 Å². The lowest BCUT2D eigenvalue weighted by Crippen LogP contribution is -2.39. The van der Waals surface area contributed by atoms with E-state index in [-0.39, 0.29) is 28.7 Å². The number of rotatable bonds is 7. The maximum atomic E-state index is 5.43. The minimum absolute atomic E-state index is 0. The molecule has 0 radical (unpaired) electrons. The van der Waals surface area contributed by atoms with Gasteiger partial charge in [0.25, 0.3) is 0 Å². The largest absolute Gasteiger partial charge is 0.496 e.